The van der Waals surface area contributed by atoms with Crippen LogP contribution in [-0.2, 0) is 19.0 Å². The highest BCUT2D eigenvalue weighted by molar-refractivity contribution is 5.86. The third-order valence-corrected chi connectivity index (χ3v) is 14.1. The predicted octanol–water partition coefficient (Wildman–Crippen LogP) is 4.70. The molecule has 5 N–H and O–H groups in total. The highest BCUT2D eigenvalue weighted by atomic mass is 19.1. The molecule has 5 fully saturated rings. The van der Waals surface area contributed by atoms with Crippen molar-refractivity contribution >= 4 is 18.1 Å². The zero-order valence-electron chi connectivity index (χ0n) is 35.3. The molecule has 0 spiro atoms. The molecule has 16 nitrogen and oxygen atoms in total. The summed E-state index contributed by atoms with van der Waals surface area (Å²) in [6.07, 6.45) is 8.19. The number of amides is 3. The Morgan fingerprint density at radius 2 is 1.52 bits per heavy atom. The van der Waals surface area contributed by atoms with Crippen molar-refractivity contribution in [3.05, 3.63) is 47.7 Å². The lowest BCUT2D eigenvalue weighted by molar-refractivity contribution is -0.168. The quantitative estimate of drug-likeness (QED) is 0.211. The largest absolute Gasteiger partial charge is 0.453 e. The van der Waals surface area contributed by atoms with Crippen molar-refractivity contribution in [1.29, 1.82) is 0 Å². The zero-order valence-corrected chi connectivity index (χ0v) is 35.3. The van der Waals surface area contributed by atoms with Crippen LogP contribution >= 0.6 is 0 Å². The van der Waals surface area contributed by atoms with Gasteiger partial charge in [0.25, 0.3) is 0 Å². The fourth-order valence-corrected chi connectivity index (χ4v) is 11.0. The summed E-state index contributed by atoms with van der Waals surface area (Å²) in [7, 11) is 2.51. The topological polar surface area (TPSA) is 190 Å². The maximum atomic E-state index is 15.0. The van der Waals surface area contributed by atoms with Gasteiger partial charge in [-0.25, -0.2) is 28.3 Å². The number of ether oxygens (including phenoxy) is 3. The van der Waals surface area contributed by atoms with Crippen molar-refractivity contribution in [3.8, 4) is 0 Å². The summed E-state index contributed by atoms with van der Waals surface area (Å²) in [5.41, 5.74) is 1.95. The lowest BCUT2D eigenvalue weighted by Crippen LogP contribution is -2.62. The maximum Gasteiger partial charge on any atom is 0.407 e. The Hall–Kier alpha value is -4.29. The van der Waals surface area contributed by atoms with Gasteiger partial charge in [0.2, 0.25) is 5.91 Å². The molecule has 60 heavy (non-hydrogen) atoms. The molecule has 18 heteroatoms. The second-order valence-corrected chi connectivity index (χ2v) is 18.3. The van der Waals surface area contributed by atoms with Crippen molar-refractivity contribution < 1.29 is 42.5 Å². The molecule has 2 saturated carbocycles. The number of hydrogen-bond donors (Lipinski definition) is 5. The molecular formula is C42H61F2N9O7. The number of morpholine rings is 1. The molecule has 3 amide bonds. The first-order valence-electron chi connectivity index (χ1n) is 21.7. The molecule has 6 heterocycles. The van der Waals surface area contributed by atoms with Crippen molar-refractivity contribution in [3.63, 3.8) is 0 Å². The average Bonchev–Trinajstić information content (AvgIpc) is 4.08. The molecule has 2 aliphatic carbocycles. The van der Waals surface area contributed by atoms with Crippen LogP contribution in [-0.4, -0.2) is 140 Å². The molecule has 6 aliphatic rings. The molecule has 14 atom stereocenters. The number of fused-ring (bicyclic) bond motifs is 2. The average molecular weight is 842 g/mol. The molecule has 330 valence electrons. The standard InChI is InChI=1S/C42H61F2N9O7/c1-20(2)34(49-41(56)58-5)39(54)52-18-23(43)14-30(52)37-45-16-27(47-37)22-7-9-29-33(13-22)60-32-10-8-25(26-11-12-51(29)36(26)32)28-17-46-38(48-28)31-15-24(44)19-53(31)40(55)35(21(3)4)50-42(57)59-6/h11-12,16-17,20-26,29-36,39,54H,7-10,13-15,18-19H2,1-6H3,(H,45,47)(H,46,48)(H,49,56)(H,50,57). The van der Waals surface area contributed by atoms with E-state index in [0.717, 1.165) is 43.5 Å². The number of rotatable bonds is 11. The van der Waals surface area contributed by atoms with Gasteiger partial charge in [0.1, 0.15) is 36.3 Å². The van der Waals surface area contributed by atoms with E-state index in [2.05, 4.69) is 37.8 Å². The number of aliphatic hydroxyl groups excluding tert-OH is 1. The monoisotopic (exact) mass is 841 g/mol. The van der Waals surface area contributed by atoms with Gasteiger partial charge < -0.3 is 49.7 Å². The fraction of sp³-hybridized carbons (Fsp3) is 0.738. The number of nitrogens with zero attached hydrogens (tertiary/aromatic N) is 5. The molecule has 0 aromatic carbocycles. The summed E-state index contributed by atoms with van der Waals surface area (Å²) in [6.45, 7) is 7.39. The smallest absolute Gasteiger partial charge is 0.407 e. The van der Waals surface area contributed by atoms with Gasteiger partial charge in [-0.15, -0.1) is 0 Å². The molecule has 0 bridgehead atoms. The van der Waals surface area contributed by atoms with E-state index in [1.807, 2.05) is 40.1 Å². The Labute approximate surface area is 349 Å². The number of hydrogen-bond acceptors (Lipinski definition) is 11. The van der Waals surface area contributed by atoms with Gasteiger partial charge in [0.05, 0.1) is 63.2 Å². The number of nitrogens with one attached hydrogen (secondary N) is 4. The summed E-state index contributed by atoms with van der Waals surface area (Å²) in [6, 6.07) is -2.18. The normalized spacial score (nSPS) is 34.0. The first-order valence-corrected chi connectivity index (χ1v) is 21.7. The van der Waals surface area contributed by atoms with Gasteiger partial charge in [-0.05, 0) is 50.1 Å². The van der Waals surface area contributed by atoms with Crippen LogP contribution in [0.1, 0.15) is 120 Å². The first-order chi connectivity index (χ1) is 28.8. The number of alkyl carbamates (subject to hydrolysis) is 2. The van der Waals surface area contributed by atoms with E-state index in [-0.39, 0.29) is 85.7 Å². The van der Waals surface area contributed by atoms with Crippen LogP contribution in [0, 0.1) is 17.8 Å². The van der Waals surface area contributed by atoms with Crippen LogP contribution in [0.2, 0.25) is 0 Å². The number of aromatic nitrogens is 4. The van der Waals surface area contributed by atoms with E-state index in [9.17, 15) is 28.3 Å². The molecule has 2 aromatic rings. The van der Waals surface area contributed by atoms with Crippen molar-refractivity contribution in [1.82, 2.24) is 45.3 Å². The number of likely N-dealkylation sites (tertiary alicyclic amines) is 2. The number of halogens is 2. The Morgan fingerprint density at radius 3 is 2.23 bits per heavy atom. The SMILES string of the molecule is COC(=O)NC(C(=O)N1CC(F)CC1c1ncc(C2CCC3OC4CC(c5cnc(C6CC(F)CN6C(O)C(NC(=O)OC)C(C)C)[nH]5)CCC4N4C=CC2C34)[nH]1)C(C)C. The minimum Gasteiger partial charge on any atom is -0.453 e. The van der Waals surface area contributed by atoms with Crippen LogP contribution in [0.15, 0.2) is 24.7 Å². The van der Waals surface area contributed by atoms with E-state index < -0.39 is 54.9 Å². The van der Waals surface area contributed by atoms with Gasteiger partial charge in [-0.1, -0.05) is 33.8 Å². The first kappa shape index (κ1) is 42.4. The van der Waals surface area contributed by atoms with Gasteiger partial charge in [0, 0.05) is 60.9 Å². The lowest BCUT2D eigenvalue weighted by atomic mass is 9.71. The number of aromatic amines is 2. The zero-order chi connectivity index (χ0) is 42.6. The predicted molar refractivity (Wildman–Crippen MR) is 214 cm³/mol. The third-order valence-electron chi connectivity index (χ3n) is 14.1. The number of imidazole rings is 2. The fourth-order valence-electron chi connectivity index (χ4n) is 11.0. The Kier molecular flexibility index (Phi) is 12.2. The van der Waals surface area contributed by atoms with Gasteiger partial charge in [-0.2, -0.15) is 0 Å². The molecule has 4 aliphatic heterocycles. The van der Waals surface area contributed by atoms with Gasteiger partial charge in [-0.3, -0.25) is 9.69 Å². The molecule has 3 saturated heterocycles. The maximum absolute atomic E-state index is 15.0. The van der Waals surface area contributed by atoms with E-state index in [4.69, 9.17) is 24.2 Å². The van der Waals surface area contributed by atoms with Crippen molar-refractivity contribution in [2.75, 3.05) is 27.3 Å². The Bertz CT molecular complexity index is 1890. The number of carbonyl (C=O) groups excluding carboxylic acids is 3. The second kappa shape index (κ2) is 17.2. The van der Waals surface area contributed by atoms with E-state index in [1.165, 1.54) is 19.1 Å². The highest BCUT2D eigenvalue weighted by Gasteiger charge is 2.54. The Morgan fingerprint density at radius 1 is 0.850 bits per heavy atom. The number of alkyl halides is 2. The molecule has 14 unspecified atom stereocenters. The third kappa shape index (κ3) is 7.98. The van der Waals surface area contributed by atoms with E-state index in [0.29, 0.717) is 11.6 Å². The number of methoxy groups -OCH3 is 2. The summed E-state index contributed by atoms with van der Waals surface area (Å²) < 4.78 is 46.5. The molecule has 0 radical (unpaired) electrons. The van der Waals surface area contributed by atoms with Gasteiger partial charge in [0.15, 0.2) is 0 Å². The summed E-state index contributed by atoms with van der Waals surface area (Å²) >= 11 is 0. The van der Waals surface area contributed by atoms with Crippen LogP contribution < -0.4 is 10.6 Å². The van der Waals surface area contributed by atoms with E-state index >= 15 is 0 Å². The van der Waals surface area contributed by atoms with Gasteiger partial charge >= 0.3 is 12.2 Å². The Balaban J connectivity index is 0.916. The molecule has 2 aromatic heterocycles. The summed E-state index contributed by atoms with van der Waals surface area (Å²) in [4.78, 5) is 60.0. The number of carbonyl (C=O) groups is 3. The lowest BCUT2D eigenvalue weighted by Gasteiger charge is -2.54. The van der Waals surface area contributed by atoms with Crippen molar-refractivity contribution in [2.24, 2.45) is 17.8 Å². The van der Waals surface area contributed by atoms with Crippen molar-refractivity contribution in [2.45, 2.75) is 152 Å². The van der Waals surface area contributed by atoms with Crippen LogP contribution in [0.25, 0.3) is 0 Å². The summed E-state index contributed by atoms with van der Waals surface area (Å²) in [5, 5.41) is 16.7. The molecule has 8 rings (SSSR count). The van der Waals surface area contributed by atoms with Crippen LogP contribution in [0.4, 0.5) is 18.4 Å². The van der Waals surface area contributed by atoms with Crippen LogP contribution in [0.3, 0.4) is 0 Å². The summed E-state index contributed by atoms with van der Waals surface area (Å²) in [5.74, 6) is 0.950. The minimum atomic E-state index is -1.21. The van der Waals surface area contributed by atoms with E-state index in [1.54, 1.807) is 4.90 Å². The second-order valence-electron chi connectivity index (χ2n) is 18.3. The highest BCUT2D eigenvalue weighted by Crippen LogP contribution is 2.51. The molecular weight excluding hydrogens is 781 g/mol. The van der Waals surface area contributed by atoms with Crippen LogP contribution in [0.5, 0.6) is 0 Å². The number of aliphatic hydroxyl groups is 1. The number of H-pyrrole nitrogens is 2. The minimum absolute atomic E-state index is 0.0227.